The average Bonchev–Trinajstić information content (AvgIpc) is 3.45. The maximum absolute atomic E-state index is 11.1. The van der Waals surface area contributed by atoms with Crippen LogP contribution in [0.15, 0.2) is 64.2 Å². The van der Waals surface area contributed by atoms with E-state index in [4.69, 9.17) is 4.42 Å². The number of ketones is 1. The van der Waals surface area contributed by atoms with E-state index in [1.54, 1.807) is 6.92 Å². The number of rotatable bonds is 5. The van der Waals surface area contributed by atoms with E-state index in [-0.39, 0.29) is 5.78 Å². The van der Waals surface area contributed by atoms with Crippen molar-refractivity contribution in [2.24, 2.45) is 7.05 Å². The summed E-state index contributed by atoms with van der Waals surface area (Å²) in [4.78, 5) is 14.2. The molecule has 6 nitrogen and oxygen atoms in total. The number of thioether (sulfide) groups is 1. The van der Waals surface area contributed by atoms with Gasteiger partial charge in [-0.3, -0.25) is 4.79 Å². The van der Waals surface area contributed by atoms with Crippen LogP contribution >= 0.6 is 11.8 Å². The number of hydrogen-bond donors (Lipinski definition) is 1. The minimum atomic E-state index is 0.0944. The molecule has 0 fully saturated rings. The van der Waals surface area contributed by atoms with Crippen LogP contribution in [0.5, 0.6) is 0 Å². The van der Waals surface area contributed by atoms with Crippen molar-refractivity contribution in [2.75, 3.05) is 5.75 Å². The number of aromatic amines is 1. The molecule has 7 heteroatoms. The number of carbonyl (C=O) groups is 1. The van der Waals surface area contributed by atoms with E-state index >= 15 is 0 Å². The number of Topliss-reactive ketones (excluding diaryl/α,β-unsaturated/α-hetero) is 1. The Hall–Kier alpha value is -3.32. The third kappa shape index (κ3) is 3.13. The summed E-state index contributed by atoms with van der Waals surface area (Å²) in [5, 5.41) is 11.3. The monoisotopic (exact) mass is 402 g/mol. The molecule has 0 saturated heterocycles. The van der Waals surface area contributed by atoms with E-state index in [0.717, 1.165) is 16.8 Å². The first-order valence-electron chi connectivity index (χ1n) is 9.23. The van der Waals surface area contributed by atoms with Crippen molar-refractivity contribution in [3.8, 4) is 22.9 Å². The number of aromatic nitrogens is 4. The lowest BCUT2D eigenvalue weighted by molar-refractivity contribution is -0.114. The highest BCUT2D eigenvalue weighted by molar-refractivity contribution is 7.99. The van der Waals surface area contributed by atoms with Gasteiger partial charge in [0.15, 0.2) is 16.7 Å². The van der Waals surface area contributed by atoms with Gasteiger partial charge in [-0.05, 0) is 31.2 Å². The molecule has 3 heterocycles. The second-order valence-electron chi connectivity index (χ2n) is 6.94. The number of benzene rings is 2. The number of para-hydroxylation sites is 1. The Morgan fingerprint density at radius 1 is 1.03 bits per heavy atom. The lowest BCUT2D eigenvalue weighted by atomic mass is 10.1. The van der Waals surface area contributed by atoms with Gasteiger partial charge in [-0.2, -0.15) is 0 Å². The highest BCUT2D eigenvalue weighted by Crippen LogP contribution is 2.33. The number of H-pyrrole nitrogens is 1. The van der Waals surface area contributed by atoms with Gasteiger partial charge in [0.25, 0.3) is 0 Å². The molecule has 0 bridgehead atoms. The molecule has 0 saturated carbocycles. The Balaban J connectivity index is 1.49. The maximum Gasteiger partial charge on any atom is 0.197 e. The lowest BCUT2D eigenvalue weighted by Crippen LogP contribution is -1.93. The number of carbonyl (C=O) groups excluding carboxylic acids is 1. The molecule has 3 aromatic heterocycles. The first-order chi connectivity index (χ1) is 14.1. The predicted octanol–water partition coefficient (Wildman–Crippen LogP) is 5.06. The van der Waals surface area contributed by atoms with Gasteiger partial charge >= 0.3 is 0 Å². The third-order valence-corrected chi connectivity index (χ3v) is 5.92. The van der Waals surface area contributed by atoms with Gasteiger partial charge in [0.2, 0.25) is 0 Å². The van der Waals surface area contributed by atoms with E-state index in [2.05, 4.69) is 69.3 Å². The molecule has 29 heavy (non-hydrogen) atoms. The van der Waals surface area contributed by atoms with Gasteiger partial charge in [-0.25, -0.2) is 0 Å². The second-order valence-corrected chi connectivity index (χ2v) is 7.91. The molecule has 0 amide bonds. The van der Waals surface area contributed by atoms with Gasteiger partial charge in [0, 0.05) is 34.4 Å². The fourth-order valence-corrected chi connectivity index (χ4v) is 4.13. The van der Waals surface area contributed by atoms with E-state index in [9.17, 15) is 4.79 Å². The smallest absolute Gasteiger partial charge is 0.197 e. The minimum Gasteiger partial charge on any atom is -0.453 e. The molecule has 0 radical (unpaired) electrons. The Labute approximate surface area is 170 Å². The molecule has 0 unspecified atom stereocenters. The highest BCUT2D eigenvalue weighted by atomic mass is 32.2. The standard InChI is InChI=1S/C22H18N4O2S/c1-13(27)12-29-22-23-21(24-25-22)20-10-9-19(28-20)14-7-8-16-15-5-3-4-6-17(15)26(2)18(16)11-14/h3-11H,12H2,1-2H3,(H,23,24,25). The quantitative estimate of drug-likeness (QED) is 0.416. The summed E-state index contributed by atoms with van der Waals surface area (Å²) in [5.41, 5.74) is 3.36. The van der Waals surface area contributed by atoms with Crippen molar-refractivity contribution < 1.29 is 9.21 Å². The molecule has 2 aromatic carbocycles. The van der Waals surface area contributed by atoms with Crippen molar-refractivity contribution in [1.29, 1.82) is 0 Å². The zero-order valence-corrected chi connectivity index (χ0v) is 16.8. The number of furan rings is 1. The van der Waals surface area contributed by atoms with Crippen LogP contribution in [0.4, 0.5) is 0 Å². The molecule has 0 aliphatic heterocycles. The molecular formula is C22H18N4O2S. The average molecular weight is 402 g/mol. The summed E-state index contributed by atoms with van der Waals surface area (Å²) in [5.74, 6) is 2.38. The minimum absolute atomic E-state index is 0.0944. The van der Waals surface area contributed by atoms with E-state index in [1.807, 2.05) is 12.1 Å². The molecule has 5 aromatic rings. The van der Waals surface area contributed by atoms with Crippen LogP contribution in [0, 0.1) is 0 Å². The van der Waals surface area contributed by atoms with E-state index in [0.29, 0.717) is 22.5 Å². The number of nitrogens with one attached hydrogen (secondary N) is 1. The van der Waals surface area contributed by atoms with Crippen LogP contribution in [-0.2, 0) is 11.8 Å². The van der Waals surface area contributed by atoms with Crippen molar-refractivity contribution in [3.05, 3.63) is 54.6 Å². The fourth-order valence-electron chi connectivity index (χ4n) is 3.53. The molecular weight excluding hydrogens is 384 g/mol. The van der Waals surface area contributed by atoms with Gasteiger partial charge in [0.1, 0.15) is 11.5 Å². The fraction of sp³-hybridized carbons (Fsp3) is 0.136. The van der Waals surface area contributed by atoms with Crippen LogP contribution in [0.2, 0.25) is 0 Å². The Morgan fingerprint density at radius 3 is 2.69 bits per heavy atom. The van der Waals surface area contributed by atoms with Crippen molar-refractivity contribution >= 4 is 39.4 Å². The first-order valence-corrected chi connectivity index (χ1v) is 10.2. The third-order valence-electron chi connectivity index (χ3n) is 4.92. The van der Waals surface area contributed by atoms with Crippen LogP contribution in [-0.4, -0.2) is 31.3 Å². The molecule has 0 spiro atoms. The Kier molecular flexibility index (Phi) is 4.24. The molecule has 0 aliphatic rings. The zero-order valence-electron chi connectivity index (χ0n) is 16.0. The van der Waals surface area contributed by atoms with E-state index in [1.165, 1.54) is 28.1 Å². The summed E-state index contributed by atoms with van der Waals surface area (Å²) in [6, 6.07) is 18.6. The topological polar surface area (TPSA) is 76.7 Å². The summed E-state index contributed by atoms with van der Waals surface area (Å²) in [6.45, 7) is 1.55. The molecule has 1 N–H and O–H groups in total. The van der Waals surface area contributed by atoms with E-state index < -0.39 is 0 Å². The number of aryl methyl sites for hydroxylation is 1. The maximum atomic E-state index is 11.1. The molecule has 5 rings (SSSR count). The first kappa shape index (κ1) is 17.8. The Morgan fingerprint density at radius 2 is 1.83 bits per heavy atom. The summed E-state index contributed by atoms with van der Waals surface area (Å²) >= 11 is 1.33. The van der Waals surface area contributed by atoms with Crippen LogP contribution in [0.3, 0.4) is 0 Å². The van der Waals surface area contributed by atoms with Gasteiger partial charge < -0.3 is 14.0 Å². The molecule has 144 valence electrons. The van der Waals surface area contributed by atoms with Gasteiger partial charge in [-0.1, -0.05) is 42.1 Å². The van der Waals surface area contributed by atoms with Gasteiger partial charge in [0.05, 0.1) is 5.75 Å². The summed E-state index contributed by atoms with van der Waals surface area (Å²) in [6.07, 6.45) is 0. The van der Waals surface area contributed by atoms with Crippen molar-refractivity contribution in [3.63, 3.8) is 0 Å². The van der Waals surface area contributed by atoms with Crippen molar-refractivity contribution in [1.82, 2.24) is 19.7 Å². The zero-order chi connectivity index (χ0) is 20.0. The summed E-state index contributed by atoms with van der Waals surface area (Å²) in [7, 11) is 2.08. The highest BCUT2D eigenvalue weighted by Gasteiger charge is 2.14. The van der Waals surface area contributed by atoms with Gasteiger partial charge in [-0.15, -0.1) is 10.2 Å². The molecule has 0 atom stereocenters. The number of hydrogen-bond acceptors (Lipinski definition) is 5. The SMILES string of the molecule is CC(=O)CSc1nnc(-c2ccc(-c3ccc4c5ccccc5n(C)c4c3)o2)[nH]1. The number of nitrogens with zero attached hydrogens (tertiary/aromatic N) is 3. The lowest BCUT2D eigenvalue weighted by Gasteiger charge is -2.01. The van der Waals surface area contributed by atoms with Crippen LogP contribution in [0.25, 0.3) is 44.7 Å². The normalized spacial score (nSPS) is 11.5. The number of fused-ring (bicyclic) bond motifs is 3. The van der Waals surface area contributed by atoms with Crippen molar-refractivity contribution in [2.45, 2.75) is 12.1 Å². The largest absolute Gasteiger partial charge is 0.453 e. The van der Waals surface area contributed by atoms with Crippen LogP contribution in [0.1, 0.15) is 6.92 Å². The summed E-state index contributed by atoms with van der Waals surface area (Å²) < 4.78 is 8.24. The Bertz CT molecular complexity index is 1360. The predicted molar refractivity (Wildman–Crippen MR) is 115 cm³/mol. The second kappa shape index (κ2) is 6.93. The van der Waals surface area contributed by atoms with Crippen LogP contribution < -0.4 is 0 Å². The molecule has 0 aliphatic carbocycles.